The Labute approximate surface area is 165 Å². The summed E-state index contributed by atoms with van der Waals surface area (Å²) in [6.45, 7) is 5.85. The summed E-state index contributed by atoms with van der Waals surface area (Å²) in [6.07, 6.45) is 0.968. The Hall–Kier alpha value is -3.02. The van der Waals surface area contributed by atoms with Crippen LogP contribution in [-0.4, -0.2) is 31.7 Å². The van der Waals surface area contributed by atoms with Gasteiger partial charge in [0.2, 0.25) is 0 Å². The van der Waals surface area contributed by atoms with E-state index in [-0.39, 0.29) is 25.2 Å². The van der Waals surface area contributed by atoms with E-state index in [1.165, 1.54) is 5.56 Å². The van der Waals surface area contributed by atoms with Gasteiger partial charge in [-0.2, -0.15) is 0 Å². The molecule has 0 radical (unpaired) electrons. The number of amides is 1. The molecule has 150 valence electrons. The molecule has 0 spiro atoms. The van der Waals surface area contributed by atoms with Gasteiger partial charge in [0.25, 0.3) is 5.91 Å². The van der Waals surface area contributed by atoms with Crippen LogP contribution in [0.25, 0.3) is 0 Å². The lowest BCUT2D eigenvalue weighted by atomic mass is 10.1. The van der Waals surface area contributed by atoms with Crippen molar-refractivity contribution in [1.82, 2.24) is 5.32 Å². The summed E-state index contributed by atoms with van der Waals surface area (Å²) in [5.74, 6) is 0.284. The molecule has 0 aliphatic heterocycles. The van der Waals surface area contributed by atoms with E-state index in [4.69, 9.17) is 14.2 Å². The second kappa shape index (κ2) is 11.0. The highest BCUT2D eigenvalue weighted by Crippen LogP contribution is 2.17. The summed E-state index contributed by atoms with van der Waals surface area (Å²) in [5.41, 5.74) is 2.24. The van der Waals surface area contributed by atoms with Crippen LogP contribution in [0.3, 0.4) is 0 Å². The van der Waals surface area contributed by atoms with Crippen LogP contribution >= 0.6 is 0 Å². The summed E-state index contributed by atoms with van der Waals surface area (Å²) in [6, 6.07) is 14.8. The second-order valence-electron chi connectivity index (χ2n) is 6.24. The number of ether oxygens (including phenoxy) is 3. The van der Waals surface area contributed by atoms with Crippen molar-refractivity contribution in [3.63, 3.8) is 0 Å². The van der Waals surface area contributed by atoms with Crippen molar-refractivity contribution in [2.24, 2.45) is 0 Å². The van der Waals surface area contributed by atoms with Gasteiger partial charge in [0.1, 0.15) is 11.5 Å². The largest absolute Gasteiger partial charge is 0.494 e. The highest BCUT2D eigenvalue weighted by Gasteiger charge is 2.12. The fourth-order valence-corrected chi connectivity index (χ4v) is 2.54. The maximum absolute atomic E-state index is 12.0. The minimum Gasteiger partial charge on any atom is -0.494 e. The first-order chi connectivity index (χ1) is 13.5. The number of rotatable bonds is 10. The lowest BCUT2D eigenvalue weighted by Crippen LogP contribution is -2.31. The smallest absolute Gasteiger partial charge is 0.344 e. The third-order valence-electron chi connectivity index (χ3n) is 4.12. The highest BCUT2D eigenvalue weighted by molar-refractivity contribution is 5.81. The topological polar surface area (TPSA) is 73.9 Å². The standard InChI is InChI=1S/C22H27NO5/c1-4-17-6-8-18(9-7-17)16(3)23-21(24)14-28-22(25)15-27-20-12-10-19(11-13-20)26-5-2/h6-13,16H,4-5,14-15H2,1-3H3,(H,23,24)/t16-/m1/s1. The Morgan fingerprint density at radius 3 is 2.07 bits per heavy atom. The Kier molecular flexibility index (Phi) is 8.34. The number of hydrogen-bond donors (Lipinski definition) is 1. The zero-order valence-electron chi connectivity index (χ0n) is 16.6. The van der Waals surface area contributed by atoms with Gasteiger partial charge in [-0.15, -0.1) is 0 Å². The fraction of sp³-hybridized carbons (Fsp3) is 0.364. The number of carbonyl (C=O) groups is 2. The Morgan fingerprint density at radius 1 is 0.893 bits per heavy atom. The first-order valence-electron chi connectivity index (χ1n) is 9.41. The third kappa shape index (κ3) is 6.95. The second-order valence-corrected chi connectivity index (χ2v) is 6.24. The predicted octanol–water partition coefficient (Wildman–Crippen LogP) is 3.45. The van der Waals surface area contributed by atoms with Crippen LogP contribution in [0, 0.1) is 0 Å². The van der Waals surface area contributed by atoms with Crippen LogP contribution in [0.2, 0.25) is 0 Å². The van der Waals surface area contributed by atoms with Gasteiger partial charge in [0.15, 0.2) is 13.2 Å². The van der Waals surface area contributed by atoms with Gasteiger partial charge in [0, 0.05) is 0 Å². The molecule has 0 aromatic heterocycles. The zero-order chi connectivity index (χ0) is 20.4. The Balaban J connectivity index is 1.70. The van der Waals surface area contributed by atoms with E-state index in [1.807, 2.05) is 38.1 Å². The molecule has 0 bridgehead atoms. The molecule has 0 saturated heterocycles. The van der Waals surface area contributed by atoms with E-state index < -0.39 is 5.97 Å². The average molecular weight is 385 g/mol. The molecule has 1 atom stereocenters. The summed E-state index contributed by atoms with van der Waals surface area (Å²) in [7, 11) is 0. The van der Waals surface area contributed by atoms with Crippen LogP contribution in [0.1, 0.15) is 37.9 Å². The van der Waals surface area contributed by atoms with Gasteiger partial charge < -0.3 is 19.5 Å². The number of esters is 1. The first-order valence-corrected chi connectivity index (χ1v) is 9.41. The quantitative estimate of drug-likeness (QED) is 0.634. The van der Waals surface area contributed by atoms with Gasteiger partial charge in [-0.3, -0.25) is 4.79 Å². The molecule has 1 N–H and O–H groups in total. The molecular formula is C22H27NO5. The molecule has 0 aliphatic rings. The van der Waals surface area contributed by atoms with E-state index in [0.29, 0.717) is 12.4 Å². The number of nitrogens with one attached hydrogen (secondary N) is 1. The molecule has 0 unspecified atom stereocenters. The molecule has 2 aromatic rings. The lowest BCUT2D eigenvalue weighted by Gasteiger charge is -2.15. The van der Waals surface area contributed by atoms with E-state index in [9.17, 15) is 9.59 Å². The molecule has 28 heavy (non-hydrogen) atoms. The normalized spacial score (nSPS) is 11.4. The minimum absolute atomic E-state index is 0.169. The van der Waals surface area contributed by atoms with Gasteiger partial charge in [-0.1, -0.05) is 31.2 Å². The van der Waals surface area contributed by atoms with Crippen molar-refractivity contribution >= 4 is 11.9 Å². The Bertz CT molecular complexity index is 756. The number of carbonyl (C=O) groups excluding carboxylic acids is 2. The van der Waals surface area contributed by atoms with Crippen molar-refractivity contribution < 1.29 is 23.8 Å². The SMILES string of the molecule is CCOc1ccc(OCC(=O)OCC(=O)N[C@H](C)c2ccc(CC)cc2)cc1. The molecule has 2 rings (SSSR count). The molecule has 6 nitrogen and oxygen atoms in total. The number of benzene rings is 2. The van der Waals surface area contributed by atoms with E-state index >= 15 is 0 Å². The molecule has 2 aromatic carbocycles. The number of hydrogen-bond acceptors (Lipinski definition) is 5. The fourth-order valence-electron chi connectivity index (χ4n) is 2.54. The van der Waals surface area contributed by atoms with Crippen LogP contribution < -0.4 is 14.8 Å². The molecule has 0 heterocycles. The van der Waals surface area contributed by atoms with E-state index in [2.05, 4.69) is 12.2 Å². The average Bonchev–Trinajstić information content (AvgIpc) is 2.72. The molecular weight excluding hydrogens is 358 g/mol. The van der Waals surface area contributed by atoms with Gasteiger partial charge in [-0.05, 0) is 55.7 Å². The lowest BCUT2D eigenvalue weighted by molar-refractivity contribution is -0.150. The molecule has 0 saturated carbocycles. The van der Waals surface area contributed by atoms with Crippen molar-refractivity contribution in [3.05, 3.63) is 59.7 Å². The summed E-state index contributed by atoms with van der Waals surface area (Å²) < 4.78 is 15.6. The van der Waals surface area contributed by atoms with Crippen molar-refractivity contribution in [2.45, 2.75) is 33.2 Å². The monoisotopic (exact) mass is 385 g/mol. The maximum atomic E-state index is 12.0. The summed E-state index contributed by atoms with van der Waals surface area (Å²) >= 11 is 0. The van der Waals surface area contributed by atoms with Crippen molar-refractivity contribution in [1.29, 1.82) is 0 Å². The first kappa shape index (κ1) is 21.3. The van der Waals surface area contributed by atoms with Crippen LogP contribution in [-0.2, 0) is 20.7 Å². The van der Waals surface area contributed by atoms with Crippen LogP contribution in [0.4, 0.5) is 0 Å². The van der Waals surface area contributed by atoms with Gasteiger partial charge in [-0.25, -0.2) is 4.79 Å². The predicted molar refractivity (Wildman–Crippen MR) is 106 cm³/mol. The van der Waals surface area contributed by atoms with E-state index in [1.54, 1.807) is 24.3 Å². The summed E-state index contributed by atoms with van der Waals surface area (Å²) in [4.78, 5) is 23.7. The minimum atomic E-state index is -0.607. The van der Waals surface area contributed by atoms with Crippen LogP contribution in [0.15, 0.2) is 48.5 Å². The van der Waals surface area contributed by atoms with Crippen molar-refractivity contribution in [2.75, 3.05) is 19.8 Å². The maximum Gasteiger partial charge on any atom is 0.344 e. The molecule has 1 amide bonds. The van der Waals surface area contributed by atoms with Gasteiger partial charge >= 0.3 is 5.97 Å². The molecule has 0 fully saturated rings. The number of aryl methyl sites for hydroxylation is 1. The van der Waals surface area contributed by atoms with Crippen LogP contribution in [0.5, 0.6) is 11.5 Å². The van der Waals surface area contributed by atoms with Gasteiger partial charge in [0.05, 0.1) is 12.6 Å². The highest BCUT2D eigenvalue weighted by atomic mass is 16.6. The van der Waals surface area contributed by atoms with E-state index in [0.717, 1.165) is 17.7 Å². The third-order valence-corrected chi connectivity index (χ3v) is 4.12. The molecule has 6 heteroatoms. The van der Waals surface area contributed by atoms with Crippen molar-refractivity contribution in [3.8, 4) is 11.5 Å². The molecule has 0 aliphatic carbocycles. The summed E-state index contributed by atoms with van der Waals surface area (Å²) in [5, 5.41) is 2.81. The Morgan fingerprint density at radius 2 is 1.50 bits per heavy atom. The zero-order valence-corrected chi connectivity index (χ0v) is 16.6.